The molecule has 0 saturated heterocycles. The zero-order chi connectivity index (χ0) is 14.6. The van der Waals surface area contributed by atoms with E-state index in [0.29, 0.717) is 18.2 Å². The first kappa shape index (κ1) is 15.7. The van der Waals surface area contributed by atoms with Crippen LogP contribution >= 0.6 is 0 Å². The summed E-state index contributed by atoms with van der Waals surface area (Å²) >= 11 is 0. The van der Waals surface area contributed by atoms with Crippen LogP contribution in [0.3, 0.4) is 0 Å². The Hall–Kier alpha value is -1.31. The summed E-state index contributed by atoms with van der Waals surface area (Å²) in [5, 5.41) is 3.47. The van der Waals surface area contributed by atoms with Gasteiger partial charge in [0.1, 0.15) is 5.78 Å². The van der Waals surface area contributed by atoms with Gasteiger partial charge >= 0.3 is 0 Å². The van der Waals surface area contributed by atoms with Gasteiger partial charge in [0.15, 0.2) is 0 Å². The molecule has 0 atom stereocenters. The molecule has 106 valence electrons. The molecule has 0 saturated carbocycles. The number of anilines is 1. The first-order valence-corrected chi connectivity index (χ1v) is 7.13. The highest BCUT2D eigenvalue weighted by atomic mass is 16.1. The molecular weight excluding hydrogens is 234 g/mol. The topological polar surface area (TPSA) is 29.1 Å². The number of rotatable bonds is 6. The lowest BCUT2D eigenvalue weighted by Gasteiger charge is -2.29. The molecule has 0 aromatic heterocycles. The van der Waals surface area contributed by atoms with Crippen LogP contribution in [0.25, 0.3) is 0 Å². The third kappa shape index (κ3) is 4.38. The molecule has 0 heterocycles. The number of para-hydroxylation sites is 1. The smallest absolute Gasteiger partial charge is 0.136 e. The summed E-state index contributed by atoms with van der Waals surface area (Å²) in [4.78, 5) is 12.0. The minimum Gasteiger partial charge on any atom is -0.383 e. The first-order valence-electron chi connectivity index (χ1n) is 7.13. The van der Waals surface area contributed by atoms with Crippen molar-refractivity contribution in [3.63, 3.8) is 0 Å². The van der Waals surface area contributed by atoms with Gasteiger partial charge < -0.3 is 5.32 Å². The van der Waals surface area contributed by atoms with E-state index in [1.807, 2.05) is 26.0 Å². The second-order valence-corrected chi connectivity index (χ2v) is 6.53. The van der Waals surface area contributed by atoms with E-state index in [2.05, 4.69) is 45.1 Å². The summed E-state index contributed by atoms with van der Waals surface area (Å²) in [5.41, 5.74) is 2.22. The number of benzene rings is 1. The molecular formula is C17H27NO. The van der Waals surface area contributed by atoms with Gasteiger partial charge in [-0.05, 0) is 30.9 Å². The van der Waals surface area contributed by atoms with Crippen LogP contribution < -0.4 is 5.32 Å². The Labute approximate surface area is 117 Å². The lowest BCUT2D eigenvalue weighted by Crippen LogP contribution is -2.26. The van der Waals surface area contributed by atoms with E-state index in [1.165, 1.54) is 5.56 Å². The number of Topliss-reactive ketones (excluding diaryl/α,β-unsaturated/α-hetero) is 1. The average Bonchev–Trinajstić information content (AvgIpc) is 2.27. The zero-order valence-corrected chi connectivity index (χ0v) is 13.1. The molecule has 0 aliphatic heterocycles. The van der Waals surface area contributed by atoms with Crippen LogP contribution in [0.2, 0.25) is 0 Å². The predicted molar refractivity (Wildman–Crippen MR) is 82.7 cm³/mol. The summed E-state index contributed by atoms with van der Waals surface area (Å²) in [5.74, 6) is 0.425. The molecule has 0 fully saturated rings. The summed E-state index contributed by atoms with van der Waals surface area (Å²) in [6.45, 7) is 12.5. The summed E-state index contributed by atoms with van der Waals surface area (Å²) < 4.78 is 0. The predicted octanol–water partition coefficient (Wildman–Crippen LogP) is 4.40. The highest BCUT2D eigenvalue weighted by Gasteiger charge is 2.27. The van der Waals surface area contributed by atoms with Crippen LogP contribution in [-0.4, -0.2) is 11.8 Å². The van der Waals surface area contributed by atoms with Gasteiger partial charge in [-0.1, -0.05) is 45.9 Å². The van der Waals surface area contributed by atoms with Gasteiger partial charge in [0.25, 0.3) is 0 Å². The third-order valence-corrected chi connectivity index (χ3v) is 3.36. The Balaban J connectivity index is 3.03. The Morgan fingerprint density at radius 3 is 2.26 bits per heavy atom. The normalized spacial score (nSPS) is 12.0. The monoisotopic (exact) mass is 261 g/mol. The van der Waals surface area contributed by atoms with Crippen LogP contribution in [0.15, 0.2) is 24.3 Å². The van der Waals surface area contributed by atoms with E-state index in [0.717, 1.165) is 5.69 Å². The lowest BCUT2D eigenvalue weighted by molar-refractivity contribution is -0.122. The molecule has 2 heteroatoms. The summed E-state index contributed by atoms with van der Waals surface area (Å²) in [6.07, 6.45) is 0.585. The second-order valence-electron chi connectivity index (χ2n) is 6.53. The van der Waals surface area contributed by atoms with Crippen molar-refractivity contribution in [3.8, 4) is 0 Å². The van der Waals surface area contributed by atoms with E-state index in [-0.39, 0.29) is 11.3 Å². The molecule has 1 rings (SSSR count). The molecule has 1 N–H and O–H groups in total. The molecule has 0 radical (unpaired) electrons. The van der Waals surface area contributed by atoms with Gasteiger partial charge in [0, 0.05) is 24.1 Å². The number of carbonyl (C=O) groups excluding carboxylic acids is 1. The number of ketones is 1. The van der Waals surface area contributed by atoms with Crippen molar-refractivity contribution >= 4 is 11.5 Å². The highest BCUT2D eigenvalue weighted by Crippen LogP contribution is 2.34. The van der Waals surface area contributed by atoms with Gasteiger partial charge in [-0.3, -0.25) is 4.79 Å². The Kier molecular flexibility index (Phi) is 5.16. The minimum absolute atomic E-state index is 0.101. The van der Waals surface area contributed by atoms with E-state index in [9.17, 15) is 4.79 Å². The largest absolute Gasteiger partial charge is 0.383 e. The van der Waals surface area contributed by atoms with Crippen molar-refractivity contribution in [2.45, 2.75) is 59.4 Å². The van der Waals surface area contributed by atoms with Crippen molar-refractivity contribution in [2.75, 3.05) is 5.32 Å². The fourth-order valence-corrected chi connectivity index (χ4v) is 2.25. The van der Waals surface area contributed by atoms with Crippen molar-refractivity contribution in [1.82, 2.24) is 0 Å². The van der Waals surface area contributed by atoms with Crippen LogP contribution in [0, 0.1) is 5.92 Å². The van der Waals surface area contributed by atoms with E-state index < -0.39 is 0 Å². The molecule has 0 unspecified atom stereocenters. The van der Waals surface area contributed by atoms with Crippen molar-refractivity contribution < 1.29 is 4.79 Å². The van der Waals surface area contributed by atoms with Crippen LogP contribution in [-0.2, 0) is 10.2 Å². The number of hydrogen-bond acceptors (Lipinski definition) is 2. The van der Waals surface area contributed by atoms with Crippen molar-refractivity contribution in [3.05, 3.63) is 29.8 Å². The Morgan fingerprint density at radius 1 is 1.16 bits per heavy atom. The highest BCUT2D eigenvalue weighted by molar-refractivity contribution is 5.82. The fraction of sp³-hybridized carbons (Fsp3) is 0.588. The lowest BCUT2D eigenvalue weighted by atomic mass is 9.77. The average molecular weight is 261 g/mol. The number of hydrogen-bond donors (Lipinski definition) is 1. The third-order valence-electron chi connectivity index (χ3n) is 3.36. The molecule has 0 bridgehead atoms. The maximum Gasteiger partial charge on any atom is 0.136 e. The van der Waals surface area contributed by atoms with Gasteiger partial charge in [-0.15, -0.1) is 0 Å². The standard InChI is InChI=1S/C17H27NO/c1-12(2)16(19)11-17(5,6)14-9-7-8-10-15(14)18-13(3)4/h7-10,12-13,18H,11H2,1-6H3. The van der Waals surface area contributed by atoms with E-state index in [4.69, 9.17) is 0 Å². The van der Waals surface area contributed by atoms with E-state index >= 15 is 0 Å². The van der Waals surface area contributed by atoms with E-state index in [1.54, 1.807) is 0 Å². The molecule has 0 aliphatic carbocycles. The molecule has 19 heavy (non-hydrogen) atoms. The SMILES string of the molecule is CC(C)Nc1ccccc1C(C)(C)CC(=O)C(C)C. The fourth-order valence-electron chi connectivity index (χ4n) is 2.25. The van der Waals surface area contributed by atoms with Gasteiger partial charge in [0.05, 0.1) is 0 Å². The molecule has 1 aromatic rings. The molecule has 1 aromatic carbocycles. The second kappa shape index (κ2) is 6.23. The summed E-state index contributed by atoms with van der Waals surface area (Å²) in [6, 6.07) is 8.68. The number of nitrogens with one attached hydrogen (secondary N) is 1. The molecule has 2 nitrogen and oxygen atoms in total. The maximum absolute atomic E-state index is 12.0. The van der Waals surface area contributed by atoms with Crippen LogP contribution in [0.5, 0.6) is 0 Å². The Bertz CT molecular complexity index is 433. The van der Waals surface area contributed by atoms with Gasteiger partial charge in [-0.25, -0.2) is 0 Å². The quantitative estimate of drug-likeness (QED) is 0.822. The Morgan fingerprint density at radius 2 is 1.74 bits per heavy atom. The first-order chi connectivity index (χ1) is 8.74. The zero-order valence-electron chi connectivity index (χ0n) is 13.1. The molecule has 0 spiro atoms. The van der Waals surface area contributed by atoms with Crippen molar-refractivity contribution in [2.24, 2.45) is 5.92 Å². The van der Waals surface area contributed by atoms with Crippen LogP contribution in [0.1, 0.15) is 53.5 Å². The maximum atomic E-state index is 12.0. The summed E-state index contributed by atoms with van der Waals surface area (Å²) in [7, 11) is 0. The van der Waals surface area contributed by atoms with Crippen LogP contribution in [0.4, 0.5) is 5.69 Å². The number of carbonyl (C=O) groups is 1. The minimum atomic E-state index is -0.139. The molecule has 0 amide bonds. The van der Waals surface area contributed by atoms with Gasteiger partial charge in [-0.2, -0.15) is 0 Å². The molecule has 0 aliphatic rings. The van der Waals surface area contributed by atoms with Crippen molar-refractivity contribution in [1.29, 1.82) is 0 Å². The van der Waals surface area contributed by atoms with Gasteiger partial charge in [0.2, 0.25) is 0 Å².